The zero-order valence-corrected chi connectivity index (χ0v) is 13.3. The molecule has 24 heavy (non-hydrogen) atoms. The Balaban J connectivity index is 1.91. The Kier molecular flexibility index (Phi) is 4.69. The molecule has 1 heterocycles. The second kappa shape index (κ2) is 7.26. The lowest BCUT2D eigenvalue weighted by Gasteiger charge is -2.07. The zero-order chi connectivity index (χ0) is 16.8. The van der Waals surface area contributed by atoms with Gasteiger partial charge in [-0.1, -0.05) is 36.4 Å². The first-order valence-corrected chi connectivity index (χ1v) is 7.58. The van der Waals surface area contributed by atoms with Crippen LogP contribution in [0.15, 0.2) is 66.9 Å². The smallest absolute Gasteiger partial charge is 0.128 e. The fourth-order valence-corrected chi connectivity index (χ4v) is 2.46. The molecule has 116 valence electrons. The molecule has 3 aromatic rings. The van der Waals surface area contributed by atoms with E-state index in [9.17, 15) is 0 Å². The van der Waals surface area contributed by atoms with Crippen molar-refractivity contribution in [2.24, 2.45) is 0 Å². The van der Waals surface area contributed by atoms with E-state index < -0.39 is 0 Å². The van der Waals surface area contributed by atoms with Crippen molar-refractivity contribution in [1.82, 2.24) is 4.98 Å². The van der Waals surface area contributed by atoms with Crippen LogP contribution in [0.4, 0.5) is 0 Å². The lowest BCUT2D eigenvalue weighted by Crippen LogP contribution is -1.90. The standard InChI is InChI=1S/C21H16N2O/c1-24-21-8-3-2-7-19(21)20-14-17(11-12-23-20)10-9-16-5-4-6-18(13-16)15-22/h2-14H,1H3/b10-9+. The van der Waals surface area contributed by atoms with Crippen LogP contribution in [0.2, 0.25) is 0 Å². The summed E-state index contributed by atoms with van der Waals surface area (Å²) in [5.74, 6) is 0.799. The topological polar surface area (TPSA) is 45.9 Å². The monoisotopic (exact) mass is 312 g/mol. The Morgan fingerprint density at radius 2 is 1.75 bits per heavy atom. The van der Waals surface area contributed by atoms with Crippen LogP contribution < -0.4 is 4.74 Å². The first-order valence-electron chi connectivity index (χ1n) is 7.58. The zero-order valence-electron chi connectivity index (χ0n) is 13.3. The number of hydrogen-bond donors (Lipinski definition) is 0. The summed E-state index contributed by atoms with van der Waals surface area (Å²) in [6.07, 6.45) is 5.78. The molecule has 0 radical (unpaired) electrons. The van der Waals surface area contributed by atoms with Gasteiger partial charge in [0.05, 0.1) is 24.4 Å². The maximum Gasteiger partial charge on any atom is 0.128 e. The van der Waals surface area contributed by atoms with Gasteiger partial charge in [-0.25, -0.2) is 0 Å². The van der Waals surface area contributed by atoms with E-state index in [2.05, 4.69) is 11.1 Å². The third-order valence-electron chi connectivity index (χ3n) is 3.65. The SMILES string of the molecule is COc1ccccc1-c1cc(/C=C/c2cccc(C#N)c2)ccn1. The van der Waals surface area contributed by atoms with E-state index in [1.54, 1.807) is 19.4 Å². The third kappa shape index (κ3) is 3.50. The minimum Gasteiger partial charge on any atom is -0.496 e. The molecule has 0 unspecified atom stereocenters. The fourth-order valence-electron chi connectivity index (χ4n) is 2.46. The molecule has 3 nitrogen and oxygen atoms in total. The van der Waals surface area contributed by atoms with E-state index in [1.807, 2.05) is 66.7 Å². The summed E-state index contributed by atoms with van der Waals surface area (Å²) in [7, 11) is 1.66. The Morgan fingerprint density at radius 3 is 2.54 bits per heavy atom. The number of hydrogen-bond acceptors (Lipinski definition) is 3. The molecule has 0 amide bonds. The van der Waals surface area contributed by atoms with Gasteiger partial charge in [0.25, 0.3) is 0 Å². The molecular formula is C21H16N2O. The highest BCUT2D eigenvalue weighted by Gasteiger charge is 2.06. The van der Waals surface area contributed by atoms with E-state index in [4.69, 9.17) is 10.00 Å². The molecular weight excluding hydrogens is 296 g/mol. The predicted molar refractivity (Wildman–Crippen MR) is 96.3 cm³/mol. The van der Waals surface area contributed by atoms with Crippen LogP contribution in [-0.4, -0.2) is 12.1 Å². The summed E-state index contributed by atoms with van der Waals surface area (Å²) in [6.45, 7) is 0. The number of aromatic nitrogens is 1. The Labute approximate surface area is 141 Å². The quantitative estimate of drug-likeness (QED) is 0.695. The van der Waals surface area contributed by atoms with Crippen molar-refractivity contribution in [3.05, 3.63) is 83.6 Å². The summed E-state index contributed by atoms with van der Waals surface area (Å²) in [4.78, 5) is 4.44. The molecule has 3 rings (SSSR count). The summed E-state index contributed by atoms with van der Waals surface area (Å²) in [5, 5.41) is 8.96. The van der Waals surface area contributed by atoms with E-state index >= 15 is 0 Å². The molecule has 0 saturated heterocycles. The van der Waals surface area contributed by atoms with Gasteiger partial charge in [0.15, 0.2) is 0 Å². The number of para-hydroxylation sites is 1. The van der Waals surface area contributed by atoms with Gasteiger partial charge in [0.1, 0.15) is 5.75 Å². The molecule has 2 aromatic carbocycles. The van der Waals surface area contributed by atoms with E-state index in [1.165, 1.54) is 0 Å². The number of nitriles is 1. The maximum absolute atomic E-state index is 8.96. The second-order valence-electron chi connectivity index (χ2n) is 5.25. The lowest BCUT2D eigenvalue weighted by atomic mass is 10.1. The number of methoxy groups -OCH3 is 1. The van der Waals surface area contributed by atoms with Crippen LogP contribution in [0.1, 0.15) is 16.7 Å². The van der Waals surface area contributed by atoms with Crippen LogP contribution >= 0.6 is 0 Å². The Morgan fingerprint density at radius 1 is 0.958 bits per heavy atom. The maximum atomic E-state index is 8.96. The summed E-state index contributed by atoms with van der Waals surface area (Å²) in [5.41, 5.74) is 4.50. The number of nitrogens with zero attached hydrogens (tertiary/aromatic N) is 2. The largest absolute Gasteiger partial charge is 0.496 e. The van der Waals surface area contributed by atoms with Gasteiger partial charge in [0.2, 0.25) is 0 Å². The molecule has 0 aliphatic heterocycles. The second-order valence-corrected chi connectivity index (χ2v) is 5.25. The van der Waals surface area contributed by atoms with E-state index in [-0.39, 0.29) is 0 Å². The number of ether oxygens (including phenoxy) is 1. The summed E-state index contributed by atoms with van der Waals surface area (Å²) in [6, 6.07) is 21.4. The minimum absolute atomic E-state index is 0.654. The van der Waals surface area contributed by atoms with Gasteiger partial charge in [-0.2, -0.15) is 5.26 Å². The van der Waals surface area contributed by atoms with E-state index in [0.29, 0.717) is 5.56 Å². The first kappa shape index (κ1) is 15.5. The highest BCUT2D eigenvalue weighted by Crippen LogP contribution is 2.28. The van der Waals surface area contributed by atoms with Gasteiger partial charge in [0, 0.05) is 11.8 Å². The Bertz CT molecular complexity index is 923. The molecule has 0 saturated carbocycles. The molecule has 0 bridgehead atoms. The van der Waals surface area contributed by atoms with Gasteiger partial charge in [-0.15, -0.1) is 0 Å². The average molecular weight is 312 g/mol. The molecule has 0 N–H and O–H groups in total. The molecule has 0 atom stereocenters. The molecule has 0 aliphatic carbocycles. The summed E-state index contributed by atoms with van der Waals surface area (Å²) < 4.78 is 5.41. The minimum atomic E-state index is 0.654. The van der Waals surface area contributed by atoms with Crippen molar-refractivity contribution < 1.29 is 4.74 Å². The van der Waals surface area contributed by atoms with Crippen LogP contribution in [-0.2, 0) is 0 Å². The lowest BCUT2D eigenvalue weighted by molar-refractivity contribution is 0.416. The summed E-state index contributed by atoms with van der Waals surface area (Å²) >= 11 is 0. The average Bonchev–Trinajstić information content (AvgIpc) is 2.66. The number of benzene rings is 2. The van der Waals surface area contributed by atoms with Crippen LogP contribution in [0.5, 0.6) is 5.75 Å². The van der Waals surface area contributed by atoms with Crippen molar-refractivity contribution in [3.63, 3.8) is 0 Å². The third-order valence-corrected chi connectivity index (χ3v) is 3.65. The highest BCUT2D eigenvalue weighted by atomic mass is 16.5. The van der Waals surface area contributed by atoms with Gasteiger partial charge in [-0.3, -0.25) is 4.98 Å². The van der Waals surface area contributed by atoms with Crippen LogP contribution in [0.3, 0.4) is 0 Å². The van der Waals surface area contributed by atoms with E-state index in [0.717, 1.165) is 28.1 Å². The molecule has 3 heteroatoms. The van der Waals surface area contributed by atoms with Crippen LogP contribution in [0.25, 0.3) is 23.4 Å². The predicted octanol–water partition coefficient (Wildman–Crippen LogP) is 4.80. The van der Waals surface area contributed by atoms with Crippen molar-refractivity contribution in [1.29, 1.82) is 5.26 Å². The number of rotatable bonds is 4. The van der Waals surface area contributed by atoms with Gasteiger partial charge >= 0.3 is 0 Å². The molecule has 0 aliphatic rings. The molecule has 0 spiro atoms. The van der Waals surface area contributed by atoms with Gasteiger partial charge in [-0.05, 0) is 47.5 Å². The molecule has 1 aromatic heterocycles. The van der Waals surface area contributed by atoms with Gasteiger partial charge < -0.3 is 4.74 Å². The van der Waals surface area contributed by atoms with Crippen molar-refractivity contribution in [2.45, 2.75) is 0 Å². The molecule has 0 fully saturated rings. The van der Waals surface area contributed by atoms with Crippen molar-refractivity contribution in [3.8, 4) is 23.1 Å². The normalized spacial score (nSPS) is 10.5. The highest BCUT2D eigenvalue weighted by molar-refractivity contribution is 5.74. The Hall–Kier alpha value is -3.38. The number of pyridine rings is 1. The van der Waals surface area contributed by atoms with Crippen molar-refractivity contribution in [2.75, 3.05) is 7.11 Å². The first-order chi connectivity index (χ1) is 11.8. The van der Waals surface area contributed by atoms with Crippen LogP contribution in [0, 0.1) is 11.3 Å². The fraction of sp³-hybridized carbons (Fsp3) is 0.0476. The van der Waals surface area contributed by atoms with Crippen molar-refractivity contribution >= 4 is 12.2 Å².